The lowest BCUT2D eigenvalue weighted by Crippen LogP contribution is -2.21. The minimum atomic E-state index is -0.0613. The van der Waals surface area contributed by atoms with Crippen LogP contribution in [0.15, 0.2) is 0 Å². The highest BCUT2D eigenvalue weighted by Gasteiger charge is 2.38. The molecule has 1 saturated carbocycles. The zero-order chi connectivity index (χ0) is 7.07. The third-order valence-electron chi connectivity index (χ3n) is 1.97. The van der Waals surface area contributed by atoms with Crippen molar-refractivity contribution in [3.63, 3.8) is 0 Å². The number of hydrogen-bond donors (Lipinski definition) is 0. The summed E-state index contributed by atoms with van der Waals surface area (Å²) in [4.78, 5) is 11.3. The van der Waals surface area contributed by atoms with Crippen LogP contribution in [0.3, 0.4) is 0 Å². The summed E-state index contributed by atoms with van der Waals surface area (Å²) in [5.74, 6) is 0.363. The van der Waals surface area contributed by atoms with E-state index in [0.717, 1.165) is 12.8 Å². The van der Waals surface area contributed by atoms with Crippen LogP contribution in [-0.2, 0) is 4.79 Å². The van der Waals surface area contributed by atoms with Crippen molar-refractivity contribution in [1.82, 2.24) is 0 Å². The van der Waals surface area contributed by atoms with Gasteiger partial charge in [-0.25, -0.2) is 0 Å². The number of Topliss-reactive ketones (excluding diaryl/α,β-unsaturated/α-hetero) is 1. The maximum absolute atomic E-state index is 11.2. The van der Waals surface area contributed by atoms with Gasteiger partial charge in [0.2, 0.25) is 0 Å². The van der Waals surface area contributed by atoms with Gasteiger partial charge >= 0.3 is 0 Å². The molecule has 0 heterocycles. The Labute approximate surface area is 64.0 Å². The summed E-state index contributed by atoms with van der Waals surface area (Å²) in [5.41, 5.74) is -0.0613. The second-order valence-corrected chi connectivity index (χ2v) is 4.36. The summed E-state index contributed by atoms with van der Waals surface area (Å²) in [5, 5.41) is 0. The van der Waals surface area contributed by atoms with Crippen molar-refractivity contribution in [2.75, 3.05) is 0 Å². The molecule has 1 unspecified atom stereocenters. The Morgan fingerprint density at radius 2 is 2.22 bits per heavy atom. The number of carbonyl (C=O) groups is 1. The van der Waals surface area contributed by atoms with Crippen molar-refractivity contribution >= 4 is 21.7 Å². The molecule has 1 fully saturated rings. The van der Waals surface area contributed by atoms with Crippen molar-refractivity contribution in [2.24, 2.45) is 5.41 Å². The number of ketones is 1. The first kappa shape index (κ1) is 7.26. The number of carbonyl (C=O) groups excluding carboxylic acids is 1. The first-order valence-corrected chi connectivity index (χ1v) is 4.14. The fraction of sp³-hybridized carbons (Fsp3) is 0.857. The van der Waals surface area contributed by atoms with E-state index in [1.165, 1.54) is 0 Å². The molecule has 0 aromatic heterocycles. The van der Waals surface area contributed by atoms with E-state index in [9.17, 15) is 4.79 Å². The molecule has 52 valence electrons. The number of hydrogen-bond acceptors (Lipinski definition) is 1. The van der Waals surface area contributed by atoms with Crippen molar-refractivity contribution in [3.8, 4) is 0 Å². The first-order chi connectivity index (χ1) is 4.04. The average Bonchev–Trinajstić information content (AvgIpc) is 1.97. The summed E-state index contributed by atoms with van der Waals surface area (Å²) < 4.78 is 0. The van der Waals surface area contributed by atoms with Crippen LogP contribution < -0.4 is 0 Å². The molecule has 1 rings (SSSR count). The second kappa shape index (κ2) is 2.08. The van der Waals surface area contributed by atoms with Gasteiger partial charge in [-0.15, -0.1) is 0 Å². The van der Waals surface area contributed by atoms with Crippen LogP contribution in [0.1, 0.15) is 26.7 Å². The van der Waals surface area contributed by atoms with Gasteiger partial charge in [0, 0.05) is 5.41 Å². The Balaban J connectivity index is 2.74. The Bertz CT molecular complexity index is 140. The van der Waals surface area contributed by atoms with E-state index in [1.54, 1.807) is 0 Å². The summed E-state index contributed by atoms with van der Waals surface area (Å²) in [6.07, 6.45) is 2.04. The molecular formula is C7H11BrO. The third kappa shape index (κ3) is 1.18. The van der Waals surface area contributed by atoms with Gasteiger partial charge in [-0.2, -0.15) is 0 Å². The van der Waals surface area contributed by atoms with Crippen LogP contribution in [0.25, 0.3) is 0 Å². The number of rotatable bonds is 0. The van der Waals surface area contributed by atoms with Crippen molar-refractivity contribution in [1.29, 1.82) is 0 Å². The molecule has 0 N–H and O–H groups in total. The molecular weight excluding hydrogens is 180 g/mol. The average molecular weight is 191 g/mol. The highest BCUT2D eigenvalue weighted by atomic mass is 79.9. The van der Waals surface area contributed by atoms with Crippen LogP contribution in [0.5, 0.6) is 0 Å². The lowest BCUT2D eigenvalue weighted by Gasteiger charge is -2.13. The lowest BCUT2D eigenvalue weighted by molar-refractivity contribution is -0.123. The van der Waals surface area contributed by atoms with Gasteiger partial charge in [0.05, 0.1) is 4.83 Å². The van der Waals surface area contributed by atoms with Gasteiger partial charge in [-0.3, -0.25) is 4.79 Å². The van der Waals surface area contributed by atoms with Gasteiger partial charge in [-0.1, -0.05) is 29.8 Å². The van der Waals surface area contributed by atoms with Crippen LogP contribution >= 0.6 is 15.9 Å². The summed E-state index contributed by atoms with van der Waals surface area (Å²) >= 11 is 3.33. The van der Waals surface area contributed by atoms with Crippen LogP contribution in [0.4, 0.5) is 0 Å². The minimum Gasteiger partial charge on any atom is -0.298 e. The minimum absolute atomic E-state index is 0.0613. The largest absolute Gasteiger partial charge is 0.298 e. The van der Waals surface area contributed by atoms with E-state index in [-0.39, 0.29) is 10.2 Å². The SMILES string of the molecule is CC1(C)CCC(Br)C1=O. The van der Waals surface area contributed by atoms with Crippen LogP contribution in [0, 0.1) is 5.41 Å². The van der Waals surface area contributed by atoms with Crippen molar-refractivity contribution in [2.45, 2.75) is 31.5 Å². The molecule has 1 atom stereocenters. The normalized spacial score (nSPS) is 33.2. The topological polar surface area (TPSA) is 17.1 Å². The number of halogens is 1. The van der Waals surface area contributed by atoms with E-state index in [4.69, 9.17) is 0 Å². The smallest absolute Gasteiger partial charge is 0.152 e. The molecule has 0 aliphatic heterocycles. The van der Waals surface area contributed by atoms with E-state index in [0.29, 0.717) is 5.78 Å². The molecule has 0 aromatic rings. The van der Waals surface area contributed by atoms with Crippen molar-refractivity contribution in [3.05, 3.63) is 0 Å². The highest BCUT2D eigenvalue weighted by Crippen LogP contribution is 2.36. The van der Waals surface area contributed by atoms with Gasteiger partial charge in [0.25, 0.3) is 0 Å². The molecule has 1 aliphatic carbocycles. The molecule has 0 bridgehead atoms. The van der Waals surface area contributed by atoms with Gasteiger partial charge in [0.15, 0.2) is 5.78 Å². The molecule has 1 nitrogen and oxygen atoms in total. The van der Waals surface area contributed by atoms with E-state index < -0.39 is 0 Å². The Morgan fingerprint density at radius 3 is 2.33 bits per heavy atom. The van der Waals surface area contributed by atoms with E-state index in [1.807, 2.05) is 13.8 Å². The van der Waals surface area contributed by atoms with Gasteiger partial charge in [-0.05, 0) is 12.8 Å². The summed E-state index contributed by atoms with van der Waals surface area (Å²) in [6.45, 7) is 4.02. The highest BCUT2D eigenvalue weighted by molar-refractivity contribution is 9.10. The fourth-order valence-corrected chi connectivity index (χ4v) is 2.01. The summed E-state index contributed by atoms with van der Waals surface area (Å²) in [7, 11) is 0. The van der Waals surface area contributed by atoms with Crippen molar-refractivity contribution < 1.29 is 4.79 Å². The maximum atomic E-state index is 11.2. The molecule has 9 heavy (non-hydrogen) atoms. The lowest BCUT2D eigenvalue weighted by atomic mass is 9.91. The van der Waals surface area contributed by atoms with Gasteiger partial charge in [0.1, 0.15) is 0 Å². The third-order valence-corrected chi connectivity index (χ3v) is 2.85. The van der Waals surface area contributed by atoms with Gasteiger partial charge < -0.3 is 0 Å². The van der Waals surface area contributed by atoms with E-state index >= 15 is 0 Å². The Hall–Kier alpha value is 0.150. The quantitative estimate of drug-likeness (QED) is 0.536. The van der Waals surface area contributed by atoms with E-state index in [2.05, 4.69) is 15.9 Å². The maximum Gasteiger partial charge on any atom is 0.152 e. The predicted molar refractivity (Wildman–Crippen MR) is 40.7 cm³/mol. The molecule has 1 aliphatic rings. The standard InChI is InChI=1S/C7H11BrO/c1-7(2)4-3-5(8)6(7)9/h5H,3-4H2,1-2H3. The zero-order valence-electron chi connectivity index (χ0n) is 5.78. The molecule has 0 amide bonds. The second-order valence-electron chi connectivity index (χ2n) is 3.25. The summed E-state index contributed by atoms with van der Waals surface area (Å²) in [6, 6.07) is 0. The molecule has 0 radical (unpaired) electrons. The molecule has 0 spiro atoms. The Kier molecular flexibility index (Phi) is 1.68. The monoisotopic (exact) mass is 190 g/mol. The molecule has 2 heteroatoms. The Morgan fingerprint density at radius 1 is 1.67 bits per heavy atom. The zero-order valence-corrected chi connectivity index (χ0v) is 7.36. The fourth-order valence-electron chi connectivity index (χ4n) is 1.17. The number of alkyl halides is 1. The molecule has 0 saturated heterocycles. The van der Waals surface area contributed by atoms with Crippen LogP contribution in [0.2, 0.25) is 0 Å². The first-order valence-electron chi connectivity index (χ1n) is 3.22. The molecule has 0 aromatic carbocycles. The predicted octanol–water partition coefficient (Wildman–Crippen LogP) is 2.14. The van der Waals surface area contributed by atoms with Crippen LogP contribution in [-0.4, -0.2) is 10.6 Å².